The summed E-state index contributed by atoms with van der Waals surface area (Å²) in [6, 6.07) is 17.8. The molecule has 0 atom stereocenters. The molecular weight excluding hydrogens is 399 g/mol. The van der Waals surface area contributed by atoms with Crippen molar-refractivity contribution in [1.29, 1.82) is 0 Å². The highest BCUT2D eigenvalue weighted by Crippen LogP contribution is 2.23. The fourth-order valence-corrected chi connectivity index (χ4v) is 2.99. The molecule has 0 radical (unpaired) electrons. The lowest BCUT2D eigenvalue weighted by atomic mass is 10.2. The van der Waals surface area contributed by atoms with Crippen LogP contribution in [0.5, 0.6) is 0 Å². The van der Waals surface area contributed by atoms with Gasteiger partial charge in [-0.1, -0.05) is 42.5 Å². The average molecular weight is 418 g/mol. The van der Waals surface area contributed by atoms with E-state index in [1.807, 2.05) is 30.3 Å². The molecule has 3 N–H and O–H groups in total. The number of carbonyl (C=O) groups is 1. The molecule has 2 aromatic carbocycles. The number of hydrogen-bond donors (Lipinski definition) is 3. The van der Waals surface area contributed by atoms with Crippen molar-refractivity contribution in [3.8, 4) is 17.2 Å². The van der Waals surface area contributed by atoms with Crippen LogP contribution in [0.15, 0.2) is 71.5 Å². The van der Waals surface area contributed by atoms with Gasteiger partial charge in [0.1, 0.15) is 11.6 Å². The maximum absolute atomic E-state index is 13.0. The monoisotopic (exact) mass is 418 g/mol. The molecule has 0 saturated carbocycles. The molecule has 2 aromatic heterocycles. The molecule has 2 amide bonds. The Morgan fingerprint density at radius 2 is 1.84 bits per heavy atom. The first kappa shape index (κ1) is 20.0. The quantitative estimate of drug-likeness (QED) is 0.462. The number of hydrogen-bond acceptors (Lipinski definition) is 4. The summed E-state index contributed by atoms with van der Waals surface area (Å²) in [5, 5.41) is 9.96. The van der Waals surface area contributed by atoms with Gasteiger partial charge in [0.25, 0.3) is 5.56 Å². The molecule has 2 heterocycles. The van der Waals surface area contributed by atoms with E-state index in [1.54, 1.807) is 25.1 Å². The smallest absolute Gasteiger partial charge is 0.320 e. The van der Waals surface area contributed by atoms with E-state index in [9.17, 15) is 14.0 Å². The highest BCUT2D eigenvalue weighted by Gasteiger charge is 2.15. The number of rotatable bonds is 5. The Hall–Kier alpha value is -4.27. The third kappa shape index (κ3) is 4.84. The normalized spacial score (nSPS) is 10.6. The first-order chi connectivity index (χ1) is 15.0. The third-order valence-electron chi connectivity index (χ3n) is 4.44. The standard InChI is InChI=1S/C22H19FN6O2/c1-14-11-20(30)27-21(25-14)29-19(12-18(28-29)16-5-3-2-4-6-16)26-22(31)24-13-15-7-9-17(23)10-8-15/h2-12H,13H2,1H3,(H2,24,26,31)(H,25,27,30). The Bertz CT molecular complexity index is 1270. The zero-order valence-corrected chi connectivity index (χ0v) is 16.6. The van der Waals surface area contributed by atoms with Gasteiger partial charge in [0.2, 0.25) is 5.95 Å². The first-order valence-electron chi connectivity index (χ1n) is 9.51. The van der Waals surface area contributed by atoms with Crippen LogP contribution in [0.1, 0.15) is 11.3 Å². The van der Waals surface area contributed by atoms with Crippen molar-refractivity contribution >= 4 is 11.8 Å². The summed E-state index contributed by atoms with van der Waals surface area (Å²) >= 11 is 0. The molecule has 4 rings (SSSR count). The summed E-state index contributed by atoms with van der Waals surface area (Å²) in [7, 11) is 0. The fraction of sp³-hybridized carbons (Fsp3) is 0.0909. The summed E-state index contributed by atoms with van der Waals surface area (Å²) in [5.41, 5.74) is 2.37. The van der Waals surface area contributed by atoms with E-state index in [0.29, 0.717) is 17.2 Å². The van der Waals surface area contributed by atoms with Crippen LogP contribution < -0.4 is 16.2 Å². The van der Waals surface area contributed by atoms with Gasteiger partial charge in [-0.15, -0.1) is 0 Å². The van der Waals surface area contributed by atoms with Crippen molar-refractivity contribution in [3.63, 3.8) is 0 Å². The molecule has 0 spiro atoms. The van der Waals surface area contributed by atoms with Gasteiger partial charge in [0.15, 0.2) is 0 Å². The van der Waals surface area contributed by atoms with Gasteiger partial charge < -0.3 is 5.32 Å². The van der Waals surface area contributed by atoms with Crippen molar-refractivity contribution in [2.24, 2.45) is 0 Å². The number of anilines is 1. The third-order valence-corrected chi connectivity index (χ3v) is 4.44. The number of aromatic amines is 1. The van der Waals surface area contributed by atoms with Crippen LogP contribution in [0.4, 0.5) is 15.0 Å². The minimum Gasteiger partial charge on any atom is -0.334 e. The van der Waals surface area contributed by atoms with E-state index in [0.717, 1.165) is 11.1 Å². The van der Waals surface area contributed by atoms with Crippen LogP contribution in [0.2, 0.25) is 0 Å². The van der Waals surface area contributed by atoms with Gasteiger partial charge in [-0.3, -0.25) is 15.1 Å². The zero-order valence-electron chi connectivity index (χ0n) is 16.6. The van der Waals surface area contributed by atoms with Crippen LogP contribution >= 0.6 is 0 Å². The van der Waals surface area contributed by atoms with Crippen molar-refractivity contribution in [2.45, 2.75) is 13.5 Å². The summed E-state index contributed by atoms with van der Waals surface area (Å²) in [4.78, 5) is 31.4. The minimum atomic E-state index is -0.486. The second-order valence-corrected chi connectivity index (χ2v) is 6.84. The number of benzene rings is 2. The fourth-order valence-electron chi connectivity index (χ4n) is 2.99. The number of urea groups is 1. The van der Waals surface area contributed by atoms with E-state index >= 15 is 0 Å². The lowest BCUT2D eigenvalue weighted by Crippen LogP contribution is -2.29. The number of carbonyl (C=O) groups excluding carboxylic acids is 1. The van der Waals surface area contributed by atoms with Crippen LogP contribution in [0, 0.1) is 12.7 Å². The summed E-state index contributed by atoms with van der Waals surface area (Å²) in [6.07, 6.45) is 0. The number of aromatic nitrogens is 4. The number of nitrogens with zero attached hydrogens (tertiary/aromatic N) is 3. The van der Waals surface area contributed by atoms with Crippen molar-refractivity contribution in [1.82, 2.24) is 25.1 Å². The molecule has 0 aliphatic heterocycles. The molecule has 8 nitrogen and oxygen atoms in total. The Balaban J connectivity index is 1.61. The van der Waals surface area contributed by atoms with E-state index in [4.69, 9.17) is 0 Å². The van der Waals surface area contributed by atoms with E-state index in [-0.39, 0.29) is 23.9 Å². The largest absolute Gasteiger partial charge is 0.334 e. The van der Waals surface area contributed by atoms with Gasteiger partial charge in [-0.2, -0.15) is 9.78 Å². The summed E-state index contributed by atoms with van der Waals surface area (Å²) < 4.78 is 14.4. The van der Waals surface area contributed by atoms with E-state index in [1.165, 1.54) is 22.9 Å². The highest BCUT2D eigenvalue weighted by molar-refractivity contribution is 5.89. The molecule has 156 valence electrons. The summed E-state index contributed by atoms with van der Waals surface area (Å²) in [5.74, 6) is 0.162. The lowest BCUT2D eigenvalue weighted by molar-refractivity contribution is 0.251. The molecule has 4 aromatic rings. The molecule has 0 aliphatic carbocycles. The van der Waals surface area contributed by atoms with Crippen molar-refractivity contribution in [3.05, 3.63) is 94.2 Å². The Morgan fingerprint density at radius 1 is 1.10 bits per heavy atom. The molecule has 0 unspecified atom stereocenters. The second-order valence-electron chi connectivity index (χ2n) is 6.84. The second kappa shape index (κ2) is 8.62. The molecule has 0 bridgehead atoms. The number of nitrogens with one attached hydrogen (secondary N) is 3. The highest BCUT2D eigenvalue weighted by atomic mass is 19.1. The number of halogens is 1. The van der Waals surface area contributed by atoms with Crippen LogP contribution in [0.3, 0.4) is 0 Å². The van der Waals surface area contributed by atoms with Crippen LogP contribution in [-0.2, 0) is 6.54 Å². The Morgan fingerprint density at radius 3 is 2.55 bits per heavy atom. The molecule has 0 aliphatic rings. The van der Waals surface area contributed by atoms with Crippen LogP contribution in [0.25, 0.3) is 17.2 Å². The summed E-state index contributed by atoms with van der Waals surface area (Å²) in [6.45, 7) is 1.91. The lowest BCUT2D eigenvalue weighted by Gasteiger charge is -2.09. The molecule has 0 saturated heterocycles. The maximum atomic E-state index is 13.0. The Kier molecular flexibility index (Phi) is 5.57. The first-order valence-corrected chi connectivity index (χ1v) is 9.51. The predicted octanol–water partition coefficient (Wildman–Crippen LogP) is 3.39. The van der Waals surface area contributed by atoms with E-state index < -0.39 is 6.03 Å². The minimum absolute atomic E-state index is 0.181. The molecule has 31 heavy (non-hydrogen) atoms. The van der Waals surface area contributed by atoms with Gasteiger partial charge >= 0.3 is 6.03 Å². The molecule has 0 fully saturated rings. The molecular formula is C22H19FN6O2. The number of aryl methyl sites for hydroxylation is 1. The average Bonchev–Trinajstić information content (AvgIpc) is 3.17. The SMILES string of the molecule is Cc1cc(=O)[nH]c(-n2nc(-c3ccccc3)cc2NC(=O)NCc2ccc(F)cc2)n1. The Labute approximate surface area is 176 Å². The van der Waals surface area contributed by atoms with Crippen LogP contribution in [-0.4, -0.2) is 25.8 Å². The maximum Gasteiger partial charge on any atom is 0.320 e. The van der Waals surface area contributed by atoms with Crippen molar-refractivity contribution in [2.75, 3.05) is 5.32 Å². The van der Waals surface area contributed by atoms with Gasteiger partial charge in [0.05, 0.1) is 5.69 Å². The van der Waals surface area contributed by atoms with Gasteiger partial charge in [-0.25, -0.2) is 14.2 Å². The van der Waals surface area contributed by atoms with Gasteiger partial charge in [-0.05, 0) is 24.6 Å². The number of H-pyrrole nitrogens is 1. The molecule has 9 heteroatoms. The van der Waals surface area contributed by atoms with Gasteiger partial charge in [0, 0.05) is 29.9 Å². The number of amides is 2. The topological polar surface area (TPSA) is 105 Å². The van der Waals surface area contributed by atoms with E-state index in [2.05, 4.69) is 25.7 Å². The van der Waals surface area contributed by atoms with Crippen molar-refractivity contribution < 1.29 is 9.18 Å². The predicted molar refractivity (Wildman–Crippen MR) is 114 cm³/mol. The zero-order chi connectivity index (χ0) is 21.8.